The van der Waals surface area contributed by atoms with E-state index in [4.69, 9.17) is 28.7 Å². The lowest BCUT2D eigenvalue weighted by molar-refractivity contribution is -0.730. The number of fused-ring (bicyclic) bond motifs is 2. The van der Waals surface area contributed by atoms with E-state index in [1.165, 1.54) is 57.3 Å². The number of alkyl halides is 8. The maximum Gasteiger partial charge on any atom is 0.522 e. The van der Waals surface area contributed by atoms with Gasteiger partial charge in [-0.15, -0.1) is 26.3 Å². The van der Waals surface area contributed by atoms with Crippen LogP contribution in [0.5, 0.6) is 5.88 Å². The number of hydrogen-bond acceptors (Lipinski definition) is 16. The fourth-order valence-electron chi connectivity index (χ4n) is 10.6. The van der Waals surface area contributed by atoms with Crippen LogP contribution in [0.25, 0.3) is 11.3 Å². The van der Waals surface area contributed by atoms with Crippen LogP contribution in [-0.4, -0.2) is 125 Å². The number of imidazole rings is 2. The number of rotatable bonds is 17. The van der Waals surface area contributed by atoms with Crippen LogP contribution in [0.1, 0.15) is 79.2 Å². The van der Waals surface area contributed by atoms with Gasteiger partial charge in [-0.3, -0.25) is 19.0 Å². The molecule has 0 spiro atoms. The lowest BCUT2D eigenvalue weighted by Gasteiger charge is -2.61. The van der Waals surface area contributed by atoms with E-state index in [1.54, 1.807) is 0 Å². The number of ether oxygens (including phenoxy) is 7. The Bertz CT molecular complexity index is 3150. The molecule has 400 valence electrons. The molecule has 2 amide bonds. The monoisotopic (exact) mass is 1070 g/mol. The van der Waals surface area contributed by atoms with Crippen LogP contribution >= 0.6 is 0 Å². The Hall–Kier alpha value is -7.12. The number of aromatic nitrogens is 10. The van der Waals surface area contributed by atoms with Gasteiger partial charge >= 0.3 is 36.7 Å². The largest absolute Gasteiger partial charge is 0.522 e. The first-order valence-corrected chi connectivity index (χ1v) is 23.7. The summed E-state index contributed by atoms with van der Waals surface area (Å²) in [5, 5.41) is 21.7. The van der Waals surface area contributed by atoms with Crippen molar-refractivity contribution < 1.29 is 82.6 Å². The molecule has 8 heterocycles. The zero-order valence-corrected chi connectivity index (χ0v) is 39.1. The fourth-order valence-corrected chi connectivity index (χ4v) is 10.6. The van der Waals surface area contributed by atoms with Crippen molar-refractivity contribution in [2.75, 3.05) is 31.0 Å². The number of nitrogens with one attached hydrogen (secondary N) is 6. The molecule has 0 aromatic carbocycles. The third kappa shape index (κ3) is 9.76. The lowest BCUT2D eigenvalue weighted by Crippen LogP contribution is -2.68. The van der Waals surface area contributed by atoms with E-state index < -0.39 is 74.9 Å². The molecule has 23 nitrogen and oxygen atoms in total. The minimum Gasteiger partial charge on any atom is -0.481 e. The summed E-state index contributed by atoms with van der Waals surface area (Å²) in [7, 11) is 1.30. The Morgan fingerprint density at radius 3 is 1.77 bits per heavy atom. The topological polar surface area (TPSA) is 256 Å². The van der Waals surface area contributed by atoms with Crippen molar-refractivity contribution in [3.63, 3.8) is 0 Å². The molecule has 6 atom stereocenters. The maximum absolute atomic E-state index is 16.3. The van der Waals surface area contributed by atoms with Gasteiger partial charge in [0.1, 0.15) is 23.5 Å². The molecule has 2 saturated heterocycles. The van der Waals surface area contributed by atoms with E-state index in [9.17, 15) is 35.9 Å². The summed E-state index contributed by atoms with van der Waals surface area (Å²) < 4.78 is 151. The van der Waals surface area contributed by atoms with Gasteiger partial charge in [0, 0.05) is 41.7 Å². The van der Waals surface area contributed by atoms with Crippen molar-refractivity contribution in [1.29, 1.82) is 0 Å². The highest BCUT2D eigenvalue weighted by Crippen LogP contribution is 2.57. The quantitative estimate of drug-likeness (QED) is 0.0463. The number of H-pyrrole nitrogens is 2. The molecular weight excluding hydrogens is 1020 g/mol. The molecule has 6 aliphatic carbocycles. The van der Waals surface area contributed by atoms with Gasteiger partial charge in [0.2, 0.25) is 11.8 Å². The van der Waals surface area contributed by atoms with Crippen LogP contribution in [0.4, 0.5) is 68.2 Å². The first-order chi connectivity index (χ1) is 35.7. The third-order valence-electron chi connectivity index (χ3n) is 14.4. The van der Waals surface area contributed by atoms with Gasteiger partial charge in [-0.25, -0.2) is 48.1 Å². The molecule has 0 radical (unpaired) electrons. The highest BCUT2D eigenvalue weighted by Gasteiger charge is 2.59. The van der Waals surface area contributed by atoms with Crippen LogP contribution in [0.3, 0.4) is 0 Å². The van der Waals surface area contributed by atoms with Crippen molar-refractivity contribution in [3.05, 3.63) is 65.1 Å². The Morgan fingerprint density at radius 2 is 1.25 bits per heavy atom. The summed E-state index contributed by atoms with van der Waals surface area (Å²) in [5.41, 5.74) is -0.331. The summed E-state index contributed by atoms with van der Waals surface area (Å²) in [5.74, 6) is 1.19. The molecular formula is C44H45F8N14O9+. The second-order valence-electron chi connectivity index (χ2n) is 19.8. The van der Waals surface area contributed by atoms with E-state index in [-0.39, 0.29) is 100 Å². The molecule has 4 bridgehead atoms. The van der Waals surface area contributed by atoms with Crippen LogP contribution < -0.4 is 30.7 Å². The predicted molar refractivity (Wildman–Crippen MR) is 234 cm³/mol. The molecule has 6 aromatic heterocycles. The van der Waals surface area contributed by atoms with E-state index in [2.05, 4.69) is 61.0 Å². The standard InChI is InChI=1S/C44H44F8N14O9/c1-69-32-5-30-54-23(16-73-44(50,51)52)13-65(30)38(58-32)57-31-4-25(36-34(46)27(18-71-36)75-40(68)60-42-9-20(10-42)11-42)63-66(31)14-21-2-29-53-22(15-72-43(47,48)49)12-64(29)37(55-21)56-28-3-24(61-62-28)35-33(45)26(17-70-35)74-39(67)59-41-6-19(7-41)8-41/h2-5,12-13,19-20,26-27,33-36H,6-11,14-18H2,1H3,(H5,53,54,55,56,57,58,59,60,61,62,63,67,68)/p+1/t19?,20?,26-,27-,33-,34+,35-,36-,41?,42?/m1/s1. The maximum atomic E-state index is 16.3. The van der Waals surface area contributed by atoms with Gasteiger partial charge in [0.25, 0.3) is 0 Å². The molecule has 14 rings (SSSR count). The predicted octanol–water partition coefficient (Wildman–Crippen LogP) is 5.84. The van der Waals surface area contributed by atoms with Gasteiger partial charge in [-0.1, -0.05) is 0 Å². The van der Waals surface area contributed by atoms with Gasteiger partial charge < -0.3 is 39.6 Å². The number of hydrogen-bond donors (Lipinski definition) is 6. The van der Waals surface area contributed by atoms with Crippen molar-refractivity contribution in [2.45, 2.75) is 119 Å². The van der Waals surface area contributed by atoms with Crippen LogP contribution in [0.15, 0.2) is 36.7 Å². The number of nitrogens with zero attached hydrogens (tertiary/aromatic N) is 8. The van der Waals surface area contributed by atoms with Gasteiger partial charge in [0.05, 0.1) is 68.1 Å². The second-order valence-corrected chi connectivity index (χ2v) is 19.8. The Kier molecular flexibility index (Phi) is 11.7. The SMILES string of the molecule is COc1cc2nc(COC(F)(F)F)cn2c(Nc2cc([C@H]3OC[C@@H](OC(=O)NC45CC(C4)C5)[C@@H]3F)[nH][n+]2Cc2cc3nc(COC(F)(F)F)cn3c(Nc3cc([C@H]4OC[C@@H](OC(=O)NC56CC(C5)C6)[C@H]4F)[nH]n3)n2)n1. The Morgan fingerprint density at radius 1 is 0.720 bits per heavy atom. The molecule has 75 heavy (non-hydrogen) atoms. The molecule has 8 fully saturated rings. The van der Waals surface area contributed by atoms with Crippen molar-refractivity contribution in [1.82, 2.24) is 54.7 Å². The average Bonchev–Trinajstić information content (AvgIpc) is 4.17. The minimum absolute atomic E-state index is 0.00698. The van der Waals surface area contributed by atoms with Crippen LogP contribution in [-0.2, 0) is 48.2 Å². The number of alkyl carbamates (subject to hydrolysis) is 2. The first kappa shape index (κ1) is 48.8. The zero-order chi connectivity index (χ0) is 52.2. The van der Waals surface area contributed by atoms with Gasteiger partial charge in [0.15, 0.2) is 36.9 Å². The van der Waals surface area contributed by atoms with Crippen LogP contribution in [0, 0.1) is 11.8 Å². The van der Waals surface area contributed by atoms with Crippen LogP contribution in [0.2, 0.25) is 0 Å². The third-order valence-corrected chi connectivity index (χ3v) is 14.4. The minimum atomic E-state index is -4.99. The summed E-state index contributed by atoms with van der Waals surface area (Å²) >= 11 is 0. The second kappa shape index (κ2) is 18.0. The molecule has 6 N–H and O–H groups in total. The number of amides is 2. The smallest absolute Gasteiger partial charge is 0.481 e. The first-order valence-electron chi connectivity index (χ1n) is 23.7. The Labute approximate surface area is 416 Å². The van der Waals surface area contributed by atoms with E-state index in [0.717, 1.165) is 38.5 Å². The van der Waals surface area contributed by atoms with Crippen molar-refractivity contribution >= 4 is 47.0 Å². The molecule has 6 aromatic rings. The van der Waals surface area contributed by atoms with Crippen molar-refractivity contribution in [3.8, 4) is 5.88 Å². The number of aromatic amines is 2. The number of methoxy groups -OCH3 is 1. The summed E-state index contributed by atoms with van der Waals surface area (Å²) in [6.45, 7) is -2.72. The van der Waals surface area contributed by atoms with E-state index in [1.807, 2.05) is 0 Å². The number of carbonyl (C=O) groups is 2. The zero-order valence-electron chi connectivity index (χ0n) is 39.1. The average molecular weight is 1070 g/mol. The molecule has 6 saturated carbocycles. The highest BCUT2D eigenvalue weighted by atomic mass is 19.4. The van der Waals surface area contributed by atoms with E-state index in [0.29, 0.717) is 11.8 Å². The molecule has 31 heteroatoms. The summed E-state index contributed by atoms with van der Waals surface area (Å²) in [4.78, 5) is 43.2. The highest BCUT2D eigenvalue weighted by molar-refractivity contribution is 5.70. The normalized spacial score (nSPS) is 28.5. The fraction of sp³-hybridized carbons (Fsp3) is 0.545. The van der Waals surface area contributed by atoms with Gasteiger partial charge in [-0.05, 0) is 50.4 Å². The van der Waals surface area contributed by atoms with Gasteiger partial charge in [-0.2, -0.15) is 14.8 Å². The Balaban J connectivity index is 0.840. The number of carbonyl (C=O) groups excluding carboxylic acids is 2. The molecule has 0 unspecified atom stereocenters. The molecule has 8 aliphatic rings. The summed E-state index contributed by atoms with van der Waals surface area (Å²) in [6.07, 6.45) is -12.7. The van der Waals surface area contributed by atoms with E-state index >= 15 is 8.78 Å². The number of anilines is 4. The van der Waals surface area contributed by atoms with Crippen molar-refractivity contribution in [2.24, 2.45) is 11.8 Å². The molecule has 2 aliphatic heterocycles. The number of halogens is 8. The lowest BCUT2D eigenvalue weighted by atomic mass is 9.50. The summed E-state index contributed by atoms with van der Waals surface area (Å²) in [6, 6.07) is 5.65.